The number of nitrogens with two attached hydrogens (primary N) is 1. The van der Waals surface area contributed by atoms with Gasteiger partial charge in [0.15, 0.2) is 5.78 Å². The van der Waals surface area contributed by atoms with Gasteiger partial charge in [-0.2, -0.15) is 13.2 Å². The summed E-state index contributed by atoms with van der Waals surface area (Å²) in [6, 6.07) is 9.37. The number of carbonyl (C=O) groups is 2. The third kappa shape index (κ3) is 8.50. The number of unbranched alkanes of at least 4 members (excludes halogenated alkanes) is 4. The average molecular weight is 474 g/mol. The Kier molecular flexibility index (Phi) is 10.0. The number of pyridine rings is 1. The van der Waals surface area contributed by atoms with Gasteiger partial charge in [0, 0.05) is 43.5 Å². The van der Waals surface area contributed by atoms with Crippen LogP contribution in [0.3, 0.4) is 0 Å². The molecule has 1 aromatic carbocycles. The number of primary amides is 1. The van der Waals surface area contributed by atoms with Gasteiger partial charge >= 0.3 is 6.18 Å². The Morgan fingerprint density at radius 1 is 1.00 bits per heavy atom. The van der Waals surface area contributed by atoms with Crippen molar-refractivity contribution in [2.24, 2.45) is 5.73 Å². The normalized spacial score (nSPS) is 11.8. The van der Waals surface area contributed by atoms with E-state index in [0.717, 1.165) is 36.7 Å². The molecule has 2 aromatic rings. The van der Waals surface area contributed by atoms with Gasteiger partial charge in [0.2, 0.25) is 5.91 Å². The van der Waals surface area contributed by atoms with Gasteiger partial charge < -0.3 is 10.6 Å². The third-order valence-electron chi connectivity index (χ3n) is 5.40. The van der Waals surface area contributed by atoms with E-state index in [1.165, 1.54) is 31.6 Å². The van der Waals surface area contributed by atoms with Crippen molar-refractivity contribution in [2.45, 2.75) is 51.1 Å². The molecule has 2 rings (SSSR count). The minimum Gasteiger partial charge on any atom is -0.370 e. The Morgan fingerprint density at radius 2 is 1.62 bits per heavy atom. The van der Waals surface area contributed by atoms with Crippen molar-refractivity contribution in [1.29, 1.82) is 0 Å². The zero-order valence-corrected chi connectivity index (χ0v) is 19.3. The lowest BCUT2D eigenvalue weighted by Gasteiger charge is -2.25. The number of benzene rings is 1. The lowest BCUT2D eigenvalue weighted by Crippen LogP contribution is -2.28. The van der Waals surface area contributed by atoms with Gasteiger partial charge in [0.05, 0.1) is 0 Å². The fourth-order valence-electron chi connectivity index (χ4n) is 3.44. The summed E-state index contributed by atoms with van der Waals surface area (Å²) in [5.74, 6) is -0.358. The predicted molar refractivity (Wildman–Crippen MR) is 128 cm³/mol. The number of amides is 1. The van der Waals surface area contributed by atoms with E-state index < -0.39 is 11.9 Å². The first-order valence-corrected chi connectivity index (χ1v) is 11.1. The molecule has 0 unspecified atom stereocenters. The summed E-state index contributed by atoms with van der Waals surface area (Å²) >= 11 is 0. The van der Waals surface area contributed by atoms with Crippen molar-refractivity contribution in [3.05, 3.63) is 78.3 Å². The van der Waals surface area contributed by atoms with Gasteiger partial charge in [-0.3, -0.25) is 14.6 Å². The summed E-state index contributed by atoms with van der Waals surface area (Å²) in [5, 5.41) is 0. The lowest BCUT2D eigenvalue weighted by molar-refractivity contribution is -0.118. The van der Waals surface area contributed by atoms with E-state index >= 15 is 0 Å². The van der Waals surface area contributed by atoms with Crippen molar-refractivity contribution in [3.8, 4) is 0 Å². The molecule has 182 valence electrons. The highest BCUT2D eigenvalue weighted by Gasteiger charge is 2.37. The molecule has 2 N–H and O–H groups in total. The van der Waals surface area contributed by atoms with E-state index in [9.17, 15) is 22.8 Å². The van der Waals surface area contributed by atoms with E-state index in [1.807, 2.05) is 0 Å². The van der Waals surface area contributed by atoms with Crippen LogP contribution in [0.15, 0.2) is 67.1 Å². The zero-order chi connectivity index (χ0) is 25.1. The van der Waals surface area contributed by atoms with Crippen LogP contribution in [-0.4, -0.2) is 29.9 Å². The van der Waals surface area contributed by atoms with Crippen molar-refractivity contribution in [3.63, 3.8) is 0 Å². The first kappa shape index (κ1) is 26.8. The predicted octanol–water partition coefficient (Wildman–Crippen LogP) is 6.08. The number of hydrogen-bond acceptors (Lipinski definition) is 4. The Hall–Kier alpha value is -3.42. The molecular weight excluding hydrogens is 443 g/mol. The highest BCUT2D eigenvalue weighted by atomic mass is 19.4. The maximum absolute atomic E-state index is 13.8. The van der Waals surface area contributed by atoms with Gasteiger partial charge in [-0.25, -0.2) is 0 Å². The van der Waals surface area contributed by atoms with Crippen LogP contribution in [0, 0.1) is 0 Å². The first-order chi connectivity index (χ1) is 16.1. The van der Waals surface area contributed by atoms with E-state index in [-0.39, 0.29) is 17.3 Å². The molecule has 0 bridgehead atoms. The Balaban J connectivity index is 1.99. The van der Waals surface area contributed by atoms with Crippen molar-refractivity contribution >= 4 is 23.0 Å². The van der Waals surface area contributed by atoms with Crippen LogP contribution in [0.2, 0.25) is 0 Å². The van der Waals surface area contributed by atoms with Gasteiger partial charge in [-0.05, 0) is 60.4 Å². The van der Waals surface area contributed by atoms with E-state index in [4.69, 9.17) is 5.73 Å². The molecule has 0 radical (unpaired) electrons. The minimum atomic E-state index is -4.61. The highest BCUT2D eigenvalue weighted by molar-refractivity contribution is 5.96. The molecule has 0 spiro atoms. The number of halogens is 3. The summed E-state index contributed by atoms with van der Waals surface area (Å²) in [6.45, 7) is 3.74. The standard InChI is InChI=1S/C26H30F3N3O2/c1-19(21-9-8-16-31-18-21)17-24(26(27,28)29)32(2)22-14-12-20(13-15-22)23(33)10-6-4-3-5-7-11-25(30)34/h8-9,12-18H,1,3-7,10-11H2,2H3,(H2,30,34)/b24-17-. The number of nitrogens with zero attached hydrogens (tertiary/aromatic N) is 2. The van der Waals surface area contributed by atoms with Gasteiger partial charge in [-0.1, -0.05) is 31.9 Å². The average Bonchev–Trinajstić information content (AvgIpc) is 2.81. The number of anilines is 1. The van der Waals surface area contributed by atoms with Crippen LogP contribution < -0.4 is 10.6 Å². The second kappa shape index (κ2) is 12.7. The number of hydrogen-bond donors (Lipinski definition) is 1. The summed E-state index contributed by atoms with van der Waals surface area (Å²) in [7, 11) is 1.32. The van der Waals surface area contributed by atoms with Crippen LogP contribution in [0.25, 0.3) is 5.57 Å². The summed E-state index contributed by atoms with van der Waals surface area (Å²) in [4.78, 5) is 28.1. The second-order valence-electron chi connectivity index (χ2n) is 8.06. The monoisotopic (exact) mass is 473 g/mol. The van der Waals surface area contributed by atoms with Crippen molar-refractivity contribution < 1.29 is 22.8 Å². The number of allylic oxidation sites excluding steroid dienone is 3. The maximum atomic E-state index is 13.8. The summed E-state index contributed by atoms with van der Waals surface area (Å²) in [6.07, 6.45) is 4.25. The number of rotatable bonds is 13. The highest BCUT2D eigenvalue weighted by Crippen LogP contribution is 2.33. The molecule has 1 aromatic heterocycles. The van der Waals surface area contributed by atoms with Crippen LogP contribution >= 0.6 is 0 Å². The largest absolute Gasteiger partial charge is 0.431 e. The number of aromatic nitrogens is 1. The number of Topliss-reactive ketones (excluding diaryl/α,β-unsaturated/α-hetero) is 1. The number of carbonyl (C=O) groups excluding carboxylic acids is 2. The van der Waals surface area contributed by atoms with E-state index in [1.54, 1.807) is 24.3 Å². The molecule has 34 heavy (non-hydrogen) atoms. The van der Waals surface area contributed by atoms with Crippen LogP contribution in [0.5, 0.6) is 0 Å². The van der Waals surface area contributed by atoms with Crippen LogP contribution in [0.1, 0.15) is 60.9 Å². The topological polar surface area (TPSA) is 76.3 Å². The Labute approximate surface area is 198 Å². The van der Waals surface area contributed by atoms with Crippen molar-refractivity contribution in [2.75, 3.05) is 11.9 Å². The van der Waals surface area contributed by atoms with E-state index in [0.29, 0.717) is 36.1 Å². The fraction of sp³-hybridized carbons (Fsp3) is 0.346. The molecule has 1 heterocycles. The van der Waals surface area contributed by atoms with Gasteiger partial charge in [0.25, 0.3) is 0 Å². The van der Waals surface area contributed by atoms with E-state index in [2.05, 4.69) is 11.6 Å². The lowest BCUT2D eigenvalue weighted by atomic mass is 10.0. The fourth-order valence-corrected chi connectivity index (χ4v) is 3.44. The molecule has 0 atom stereocenters. The molecule has 0 fully saturated rings. The molecule has 0 saturated carbocycles. The smallest absolute Gasteiger partial charge is 0.370 e. The van der Waals surface area contributed by atoms with Crippen molar-refractivity contribution in [1.82, 2.24) is 4.98 Å². The number of alkyl halides is 3. The number of ketones is 1. The first-order valence-electron chi connectivity index (χ1n) is 11.1. The molecule has 0 saturated heterocycles. The Morgan fingerprint density at radius 3 is 2.18 bits per heavy atom. The maximum Gasteiger partial charge on any atom is 0.431 e. The minimum absolute atomic E-state index is 0.0529. The molecule has 0 aliphatic heterocycles. The molecule has 0 aliphatic rings. The SMILES string of the molecule is C=C(/C=C(\N(C)c1ccc(C(=O)CCCCCCCC(N)=O)cc1)C(F)(F)F)c1cccnc1. The quantitative estimate of drug-likeness (QED) is 0.217. The third-order valence-corrected chi connectivity index (χ3v) is 5.40. The molecule has 8 heteroatoms. The summed E-state index contributed by atoms with van der Waals surface area (Å²) < 4.78 is 41.4. The van der Waals surface area contributed by atoms with Gasteiger partial charge in [0.1, 0.15) is 5.70 Å². The van der Waals surface area contributed by atoms with Crippen LogP contribution in [-0.2, 0) is 4.79 Å². The zero-order valence-electron chi connectivity index (χ0n) is 19.3. The molecular formula is C26H30F3N3O2. The second-order valence-corrected chi connectivity index (χ2v) is 8.06. The van der Waals surface area contributed by atoms with Gasteiger partial charge in [-0.15, -0.1) is 0 Å². The molecule has 0 aliphatic carbocycles. The molecule has 5 nitrogen and oxygen atoms in total. The Bertz CT molecular complexity index is 1000. The molecule has 1 amide bonds. The van der Waals surface area contributed by atoms with Crippen LogP contribution in [0.4, 0.5) is 18.9 Å². The summed E-state index contributed by atoms with van der Waals surface area (Å²) in [5.41, 5.74) is 5.66.